The molecule has 2 heterocycles. The second-order valence-electron chi connectivity index (χ2n) is 4.89. The molecule has 2 aromatic rings. The number of hydrogen-bond donors (Lipinski definition) is 1. The number of nitrogens with one attached hydrogen (secondary N) is 1. The summed E-state index contributed by atoms with van der Waals surface area (Å²) in [6, 6.07) is 7.79. The van der Waals surface area contributed by atoms with Crippen molar-refractivity contribution in [2.45, 2.75) is 25.4 Å². The average Bonchev–Trinajstić information content (AvgIpc) is 3.31. The van der Waals surface area contributed by atoms with E-state index in [-0.39, 0.29) is 6.03 Å². The third-order valence-electron chi connectivity index (χ3n) is 3.26. The Balaban J connectivity index is 1.69. The number of carbonyl (C=O) groups excluding carboxylic acids is 1. The van der Waals surface area contributed by atoms with Crippen molar-refractivity contribution in [3.63, 3.8) is 0 Å². The van der Waals surface area contributed by atoms with Crippen LogP contribution in [-0.2, 0) is 6.54 Å². The normalized spacial score (nSPS) is 13.8. The first-order valence-electron chi connectivity index (χ1n) is 6.69. The Morgan fingerprint density at radius 2 is 2.00 bits per heavy atom. The molecule has 1 N–H and O–H groups in total. The van der Waals surface area contributed by atoms with Crippen LogP contribution in [0, 0.1) is 0 Å². The summed E-state index contributed by atoms with van der Waals surface area (Å²) in [5.74, 6) is 0. The van der Waals surface area contributed by atoms with Crippen molar-refractivity contribution in [3.05, 3.63) is 54.6 Å². The highest BCUT2D eigenvalue weighted by molar-refractivity contribution is 5.89. The van der Waals surface area contributed by atoms with Crippen molar-refractivity contribution < 1.29 is 4.79 Å². The van der Waals surface area contributed by atoms with Crippen molar-refractivity contribution in [2.75, 3.05) is 5.32 Å². The Labute approximate surface area is 117 Å². The fraction of sp³-hybridized carbons (Fsp3) is 0.267. The smallest absolute Gasteiger partial charge is 0.317 e. The maximum Gasteiger partial charge on any atom is 0.322 e. The van der Waals surface area contributed by atoms with Crippen LogP contribution in [0.1, 0.15) is 18.4 Å². The number of hydrogen-bond acceptors (Lipinski definition) is 3. The van der Waals surface area contributed by atoms with Crippen molar-refractivity contribution in [1.29, 1.82) is 0 Å². The summed E-state index contributed by atoms with van der Waals surface area (Å²) in [4.78, 5) is 22.2. The van der Waals surface area contributed by atoms with Crippen LogP contribution < -0.4 is 5.32 Å². The van der Waals surface area contributed by atoms with Crippen LogP contribution >= 0.6 is 0 Å². The highest BCUT2D eigenvalue weighted by Gasteiger charge is 2.32. The van der Waals surface area contributed by atoms with Gasteiger partial charge in [0, 0.05) is 31.2 Å². The minimum Gasteiger partial charge on any atom is -0.317 e. The number of pyridine rings is 2. The van der Waals surface area contributed by atoms with E-state index in [1.165, 1.54) is 0 Å². The van der Waals surface area contributed by atoms with Gasteiger partial charge in [-0.2, -0.15) is 0 Å². The number of rotatable bonds is 4. The van der Waals surface area contributed by atoms with Gasteiger partial charge < -0.3 is 10.2 Å². The number of urea groups is 1. The van der Waals surface area contributed by atoms with Gasteiger partial charge in [-0.1, -0.05) is 0 Å². The summed E-state index contributed by atoms with van der Waals surface area (Å²) in [6.45, 7) is 0.610. The number of amides is 2. The van der Waals surface area contributed by atoms with Crippen LogP contribution in [0.5, 0.6) is 0 Å². The Kier molecular flexibility index (Phi) is 3.58. The molecular formula is C15H16N4O. The predicted molar refractivity (Wildman–Crippen MR) is 76.1 cm³/mol. The van der Waals surface area contributed by atoms with Gasteiger partial charge in [0.15, 0.2) is 0 Å². The molecule has 1 fully saturated rings. The first-order chi connectivity index (χ1) is 9.83. The van der Waals surface area contributed by atoms with Gasteiger partial charge >= 0.3 is 6.03 Å². The summed E-state index contributed by atoms with van der Waals surface area (Å²) >= 11 is 0. The number of anilines is 1. The van der Waals surface area contributed by atoms with E-state index in [4.69, 9.17) is 0 Å². The molecular weight excluding hydrogens is 252 g/mol. The van der Waals surface area contributed by atoms with E-state index in [0.717, 1.165) is 24.1 Å². The molecule has 2 amide bonds. The largest absolute Gasteiger partial charge is 0.322 e. The molecule has 0 aliphatic heterocycles. The molecule has 0 aromatic carbocycles. The van der Waals surface area contributed by atoms with E-state index < -0.39 is 0 Å². The van der Waals surface area contributed by atoms with Crippen molar-refractivity contribution in [3.8, 4) is 0 Å². The number of nitrogens with zero attached hydrogens (tertiary/aromatic N) is 3. The molecule has 20 heavy (non-hydrogen) atoms. The number of carbonyl (C=O) groups is 1. The molecule has 5 nitrogen and oxygen atoms in total. The Hall–Kier alpha value is -2.43. The zero-order valence-corrected chi connectivity index (χ0v) is 11.1. The van der Waals surface area contributed by atoms with Gasteiger partial charge in [0.05, 0.1) is 11.9 Å². The van der Waals surface area contributed by atoms with Gasteiger partial charge in [-0.15, -0.1) is 0 Å². The lowest BCUT2D eigenvalue weighted by molar-refractivity contribution is 0.206. The fourth-order valence-corrected chi connectivity index (χ4v) is 2.07. The van der Waals surface area contributed by atoms with Gasteiger partial charge in [-0.25, -0.2) is 4.79 Å². The second kappa shape index (κ2) is 5.69. The maximum absolute atomic E-state index is 12.4. The van der Waals surface area contributed by atoms with E-state index >= 15 is 0 Å². The molecule has 2 aromatic heterocycles. The number of aromatic nitrogens is 2. The molecule has 102 valence electrons. The molecule has 0 spiro atoms. The van der Waals surface area contributed by atoms with E-state index in [1.807, 2.05) is 23.1 Å². The zero-order valence-electron chi connectivity index (χ0n) is 11.1. The van der Waals surface area contributed by atoms with E-state index in [1.54, 1.807) is 30.9 Å². The van der Waals surface area contributed by atoms with Gasteiger partial charge in [0.2, 0.25) is 0 Å². The molecule has 3 rings (SSSR count). The monoisotopic (exact) mass is 268 g/mol. The summed E-state index contributed by atoms with van der Waals surface area (Å²) in [6.07, 6.45) is 8.98. The zero-order chi connectivity index (χ0) is 13.8. The standard InChI is InChI=1S/C15H16N4O/c20-15(18-13-2-1-7-17-10-13)19(14-3-4-14)11-12-5-8-16-9-6-12/h1-2,5-10,14H,3-4,11H2,(H,18,20). The minimum absolute atomic E-state index is 0.0719. The lowest BCUT2D eigenvalue weighted by Gasteiger charge is -2.22. The lowest BCUT2D eigenvalue weighted by atomic mass is 10.2. The highest BCUT2D eigenvalue weighted by atomic mass is 16.2. The molecule has 5 heteroatoms. The molecule has 1 aliphatic rings. The van der Waals surface area contributed by atoms with Gasteiger partial charge in [-0.3, -0.25) is 9.97 Å². The SMILES string of the molecule is O=C(Nc1cccnc1)N(Cc1ccncc1)C1CC1. The quantitative estimate of drug-likeness (QED) is 0.927. The molecule has 0 radical (unpaired) electrons. The maximum atomic E-state index is 12.4. The van der Waals surface area contributed by atoms with Crippen molar-refractivity contribution in [1.82, 2.24) is 14.9 Å². The summed E-state index contributed by atoms with van der Waals surface area (Å²) in [5, 5.41) is 2.89. The van der Waals surface area contributed by atoms with E-state index in [9.17, 15) is 4.79 Å². The first kappa shape index (κ1) is 12.6. The van der Waals surface area contributed by atoms with Crippen LogP contribution in [0.25, 0.3) is 0 Å². The van der Waals surface area contributed by atoms with Crippen LogP contribution in [0.2, 0.25) is 0 Å². The molecule has 1 saturated carbocycles. The molecule has 0 bridgehead atoms. The molecule has 0 saturated heterocycles. The Morgan fingerprint density at radius 3 is 2.65 bits per heavy atom. The second-order valence-corrected chi connectivity index (χ2v) is 4.89. The molecule has 0 atom stereocenters. The highest BCUT2D eigenvalue weighted by Crippen LogP contribution is 2.28. The van der Waals surface area contributed by atoms with Crippen LogP contribution in [0.15, 0.2) is 49.1 Å². The minimum atomic E-state index is -0.0719. The summed E-state index contributed by atoms with van der Waals surface area (Å²) < 4.78 is 0. The van der Waals surface area contributed by atoms with Crippen molar-refractivity contribution >= 4 is 11.7 Å². The summed E-state index contributed by atoms with van der Waals surface area (Å²) in [7, 11) is 0. The van der Waals surface area contributed by atoms with Crippen molar-refractivity contribution in [2.24, 2.45) is 0 Å². The van der Waals surface area contributed by atoms with Crippen LogP contribution in [0.3, 0.4) is 0 Å². The molecule has 1 aliphatic carbocycles. The predicted octanol–water partition coefficient (Wildman–Crippen LogP) is 2.67. The van der Waals surface area contributed by atoms with Gasteiger partial charge in [0.25, 0.3) is 0 Å². The first-order valence-corrected chi connectivity index (χ1v) is 6.69. The third kappa shape index (κ3) is 3.12. The molecule has 0 unspecified atom stereocenters. The topological polar surface area (TPSA) is 58.1 Å². The Bertz CT molecular complexity index is 569. The average molecular weight is 268 g/mol. The lowest BCUT2D eigenvalue weighted by Crippen LogP contribution is -2.36. The third-order valence-corrected chi connectivity index (χ3v) is 3.26. The summed E-state index contributed by atoms with van der Waals surface area (Å²) in [5.41, 5.74) is 1.81. The van der Waals surface area contributed by atoms with E-state index in [0.29, 0.717) is 12.6 Å². The van der Waals surface area contributed by atoms with E-state index in [2.05, 4.69) is 15.3 Å². The van der Waals surface area contributed by atoms with Gasteiger partial charge in [-0.05, 0) is 42.7 Å². The Morgan fingerprint density at radius 1 is 1.20 bits per heavy atom. The van der Waals surface area contributed by atoms with Gasteiger partial charge in [0.1, 0.15) is 0 Å². The fourth-order valence-electron chi connectivity index (χ4n) is 2.07. The van der Waals surface area contributed by atoms with Crippen LogP contribution in [0.4, 0.5) is 10.5 Å². The van der Waals surface area contributed by atoms with Crippen LogP contribution in [-0.4, -0.2) is 26.9 Å².